The number of hydrogen-bond donors (Lipinski definition) is 0. The highest BCUT2D eigenvalue weighted by molar-refractivity contribution is 5.63. The van der Waals surface area contributed by atoms with E-state index in [0.717, 1.165) is 11.8 Å². The van der Waals surface area contributed by atoms with Crippen molar-refractivity contribution in [1.82, 2.24) is 0 Å². The quantitative estimate of drug-likeness (QED) is 0.654. The average Bonchev–Trinajstić information content (AvgIpc) is 2.07. The topological polar surface area (TPSA) is 17.1 Å². The van der Waals surface area contributed by atoms with E-state index in [4.69, 9.17) is 0 Å². The number of aldehydes is 1. The van der Waals surface area contributed by atoms with Crippen molar-refractivity contribution >= 4 is 6.29 Å². The fraction of sp³-hybridized carbons (Fsp3) is 0.462. The van der Waals surface area contributed by atoms with Gasteiger partial charge < -0.3 is 4.79 Å². The van der Waals surface area contributed by atoms with Crippen LogP contribution in [-0.2, 0) is 4.79 Å². The van der Waals surface area contributed by atoms with Crippen LogP contribution in [0, 0.1) is 12.3 Å². The van der Waals surface area contributed by atoms with E-state index in [-0.39, 0.29) is 11.3 Å². The minimum absolute atomic E-state index is 0.00297. The fourth-order valence-corrected chi connectivity index (χ4v) is 1.56. The third kappa shape index (κ3) is 2.44. The SMILES string of the molecule is Cc1ccc(C(C=O)C(C)(C)C)cc1. The summed E-state index contributed by atoms with van der Waals surface area (Å²) in [7, 11) is 0. The van der Waals surface area contributed by atoms with Gasteiger partial charge in [-0.1, -0.05) is 50.6 Å². The molecule has 0 N–H and O–H groups in total. The van der Waals surface area contributed by atoms with Crippen LogP contribution in [0.25, 0.3) is 0 Å². The first-order valence-electron chi connectivity index (χ1n) is 4.97. The maximum absolute atomic E-state index is 11.0. The van der Waals surface area contributed by atoms with Crippen molar-refractivity contribution in [2.45, 2.75) is 33.6 Å². The molecular weight excluding hydrogens is 172 g/mol. The molecule has 0 fully saturated rings. The Hall–Kier alpha value is -1.11. The molecule has 0 heterocycles. The third-order valence-corrected chi connectivity index (χ3v) is 2.51. The van der Waals surface area contributed by atoms with Crippen molar-refractivity contribution in [3.05, 3.63) is 35.4 Å². The van der Waals surface area contributed by atoms with Crippen LogP contribution >= 0.6 is 0 Å². The Morgan fingerprint density at radius 3 is 2.00 bits per heavy atom. The molecule has 0 spiro atoms. The summed E-state index contributed by atoms with van der Waals surface area (Å²) in [4.78, 5) is 11.0. The summed E-state index contributed by atoms with van der Waals surface area (Å²) in [6.07, 6.45) is 1.05. The van der Waals surface area contributed by atoms with Gasteiger partial charge in [0, 0.05) is 5.92 Å². The van der Waals surface area contributed by atoms with Crippen LogP contribution in [0.4, 0.5) is 0 Å². The lowest BCUT2D eigenvalue weighted by atomic mass is 9.77. The van der Waals surface area contributed by atoms with Crippen LogP contribution in [0.5, 0.6) is 0 Å². The van der Waals surface area contributed by atoms with Gasteiger partial charge in [0.15, 0.2) is 0 Å². The zero-order valence-electron chi connectivity index (χ0n) is 9.37. The highest BCUT2D eigenvalue weighted by Gasteiger charge is 2.25. The number of hydrogen-bond acceptors (Lipinski definition) is 1. The summed E-state index contributed by atoms with van der Waals surface area (Å²) in [5.74, 6) is -0.0110. The van der Waals surface area contributed by atoms with Gasteiger partial charge in [-0.25, -0.2) is 0 Å². The van der Waals surface area contributed by atoms with Crippen molar-refractivity contribution in [3.63, 3.8) is 0 Å². The third-order valence-electron chi connectivity index (χ3n) is 2.51. The molecule has 1 unspecified atom stereocenters. The molecule has 0 aromatic heterocycles. The van der Waals surface area contributed by atoms with E-state index in [0.29, 0.717) is 0 Å². The van der Waals surface area contributed by atoms with Gasteiger partial charge >= 0.3 is 0 Å². The Kier molecular flexibility index (Phi) is 3.10. The number of aryl methyl sites for hydroxylation is 1. The molecule has 1 heteroatoms. The highest BCUT2D eigenvalue weighted by Crippen LogP contribution is 2.33. The van der Waals surface area contributed by atoms with Gasteiger partial charge in [0.2, 0.25) is 0 Å². The van der Waals surface area contributed by atoms with Crippen LogP contribution in [0.1, 0.15) is 37.8 Å². The fourth-order valence-electron chi connectivity index (χ4n) is 1.56. The largest absolute Gasteiger partial charge is 0.303 e. The summed E-state index contributed by atoms with van der Waals surface area (Å²) in [6.45, 7) is 8.32. The summed E-state index contributed by atoms with van der Waals surface area (Å²) in [5, 5.41) is 0. The summed E-state index contributed by atoms with van der Waals surface area (Å²) >= 11 is 0. The van der Waals surface area contributed by atoms with Crippen LogP contribution in [0.15, 0.2) is 24.3 Å². The predicted molar refractivity (Wildman–Crippen MR) is 59.4 cm³/mol. The standard InChI is InChI=1S/C13H18O/c1-10-5-7-11(8-6-10)12(9-14)13(2,3)4/h5-9,12H,1-4H3. The first-order chi connectivity index (χ1) is 6.45. The maximum Gasteiger partial charge on any atom is 0.127 e. The van der Waals surface area contributed by atoms with Crippen LogP contribution < -0.4 is 0 Å². The second kappa shape index (κ2) is 3.95. The number of carbonyl (C=O) groups excluding carboxylic acids is 1. The molecule has 0 saturated heterocycles. The lowest BCUT2D eigenvalue weighted by Crippen LogP contribution is -2.19. The first-order valence-corrected chi connectivity index (χ1v) is 4.97. The van der Waals surface area contributed by atoms with E-state index in [2.05, 4.69) is 39.8 Å². The molecule has 0 aliphatic heterocycles. The number of carbonyl (C=O) groups is 1. The molecule has 76 valence electrons. The molecule has 1 aromatic rings. The van der Waals surface area contributed by atoms with Crippen molar-refractivity contribution in [2.24, 2.45) is 5.41 Å². The number of benzene rings is 1. The van der Waals surface area contributed by atoms with Crippen LogP contribution in [-0.4, -0.2) is 6.29 Å². The van der Waals surface area contributed by atoms with Gasteiger partial charge in [0.05, 0.1) is 0 Å². The number of rotatable bonds is 2. The molecule has 1 nitrogen and oxygen atoms in total. The van der Waals surface area contributed by atoms with Gasteiger partial charge in [0.25, 0.3) is 0 Å². The Labute approximate surface area is 86.1 Å². The minimum Gasteiger partial charge on any atom is -0.303 e. The minimum atomic E-state index is -0.0110. The molecule has 1 atom stereocenters. The average molecular weight is 190 g/mol. The lowest BCUT2D eigenvalue weighted by molar-refractivity contribution is -0.111. The monoisotopic (exact) mass is 190 g/mol. The predicted octanol–water partition coefficient (Wildman–Crippen LogP) is 3.32. The molecule has 1 aromatic carbocycles. The summed E-state index contributed by atoms with van der Waals surface area (Å²) in [5.41, 5.74) is 2.34. The Morgan fingerprint density at radius 1 is 1.14 bits per heavy atom. The molecule has 0 radical (unpaired) electrons. The van der Waals surface area contributed by atoms with Crippen LogP contribution in [0.2, 0.25) is 0 Å². The smallest absolute Gasteiger partial charge is 0.127 e. The Bertz CT molecular complexity index is 303. The van der Waals surface area contributed by atoms with Crippen molar-refractivity contribution in [2.75, 3.05) is 0 Å². The van der Waals surface area contributed by atoms with Gasteiger partial charge in [-0.2, -0.15) is 0 Å². The molecular formula is C13H18O. The first kappa shape index (κ1) is 11.0. The Morgan fingerprint density at radius 2 is 1.64 bits per heavy atom. The molecule has 0 bridgehead atoms. The van der Waals surface area contributed by atoms with E-state index in [1.807, 2.05) is 12.1 Å². The second-order valence-corrected chi connectivity index (χ2v) is 4.89. The maximum atomic E-state index is 11.0. The Balaban J connectivity index is 3.02. The lowest BCUT2D eigenvalue weighted by Gasteiger charge is -2.26. The molecule has 1 rings (SSSR count). The molecule has 0 aliphatic rings. The van der Waals surface area contributed by atoms with E-state index < -0.39 is 0 Å². The zero-order valence-corrected chi connectivity index (χ0v) is 9.37. The van der Waals surface area contributed by atoms with Gasteiger partial charge in [-0.05, 0) is 17.9 Å². The van der Waals surface area contributed by atoms with E-state index >= 15 is 0 Å². The van der Waals surface area contributed by atoms with E-state index in [1.165, 1.54) is 5.56 Å². The molecule has 0 saturated carbocycles. The van der Waals surface area contributed by atoms with Gasteiger partial charge in [-0.15, -0.1) is 0 Å². The summed E-state index contributed by atoms with van der Waals surface area (Å²) < 4.78 is 0. The molecule has 14 heavy (non-hydrogen) atoms. The normalized spacial score (nSPS) is 13.7. The second-order valence-electron chi connectivity index (χ2n) is 4.89. The van der Waals surface area contributed by atoms with Gasteiger partial charge in [0.1, 0.15) is 6.29 Å². The van der Waals surface area contributed by atoms with E-state index in [9.17, 15) is 4.79 Å². The van der Waals surface area contributed by atoms with Gasteiger partial charge in [-0.3, -0.25) is 0 Å². The van der Waals surface area contributed by atoms with Crippen LogP contribution in [0.3, 0.4) is 0 Å². The zero-order chi connectivity index (χ0) is 10.8. The van der Waals surface area contributed by atoms with E-state index in [1.54, 1.807) is 0 Å². The van der Waals surface area contributed by atoms with Crippen molar-refractivity contribution in [1.29, 1.82) is 0 Å². The molecule has 0 aliphatic carbocycles. The van der Waals surface area contributed by atoms with Crippen molar-refractivity contribution < 1.29 is 4.79 Å². The molecule has 0 amide bonds. The highest BCUT2D eigenvalue weighted by atomic mass is 16.1. The summed E-state index contributed by atoms with van der Waals surface area (Å²) in [6, 6.07) is 8.19. The van der Waals surface area contributed by atoms with Crippen molar-refractivity contribution in [3.8, 4) is 0 Å².